The minimum absolute atomic E-state index is 0.107. The summed E-state index contributed by atoms with van der Waals surface area (Å²) in [5.41, 5.74) is 1.85. The van der Waals surface area contributed by atoms with Gasteiger partial charge < -0.3 is 14.7 Å². The zero-order valence-corrected chi connectivity index (χ0v) is 13.6. The van der Waals surface area contributed by atoms with Gasteiger partial charge in [0.2, 0.25) is 0 Å². The van der Waals surface area contributed by atoms with E-state index in [0.717, 1.165) is 12.1 Å². The van der Waals surface area contributed by atoms with E-state index in [1.165, 1.54) is 11.8 Å². The first kappa shape index (κ1) is 15.4. The van der Waals surface area contributed by atoms with E-state index in [9.17, 15) is 9.90 Å². The number of likely N-dealkylation sites (tertiary alicyclic amines) is 1. The molecule has 2 aliphatic heterocycles. The smallest absolute Gasteiger partial charge is 0.257 e. The highest BCUT2D eigenvalue weighted by Crippen LogP contribution is 2.42. The third-order valence-corrected chi connectivity index (χ3v) is 5.24. The summed E-state index contributed by atoms with van der Waals surface area (Å²) in [5, 5.41) is 17.3. The van der Waals surface area contributed by atoms with Crippen molar-refractivity contribution in [3.05, 3.63) is 53.3 Å². The molecule has 0 unspecified atom stereocenters. The SMILES string of the molecule is Cc1[nH]ncc1C(=O)N1C[C@@H](O)[C@@]2(C[C@H](c3ccccc3)CO2)C1. The van der Waals surface area contributed by atoms with Crippen LogP contribution in [0, 0.1) is 6.92 Å². The molecule has 24 heavy (non-hydrogen) atoms. The van der Waals surface area contributed by atoms with E-state index < -0.39 is 11.7 Å². The molecule has 2 aromatic rings. The van der Waals surface area contributed by atoms with Gasteiger partial charge >= 0.3 is 0 Å². The maximum Gasteiger partial charge on any atom is 0.257 e. The van der Waals surface area contributed by atoms with Gasteiger partial charge in [-0.1, -0.05) is 30.3 Å². The Morgan fingerprint density at radius 3 is 2.92 bits per heavy atom. The number of aromatic nitrogens is 2. The minimum Gasteiger partial charge on any atom is -0.388 e. The van der Waals surface area contributed by atoms with Crippen molar-refractivity contribution in [2.45, 2.75) is 31.0 Å². The Morgan fingerprint density at radius 1 is 1.42 bits per heavy atom. The summed E-state index contributed by atoms with van der Waals surface area (Å²) < 4.78 is 6.04. The molecule has 2 aliphatic rings. The molecule has 6 heteroatoms. The number of aliphatic hydroxyl groups is 1. The number of nitrogens with one attached hydrogen (secondary N) is 1. The zero-order chi connectivity index (χ0) is 16.7. The zero-order valence-electron chi connectivity index (χ0n) is 13.6. The fourth-order valence-corrected chi connectivity index (χ4v) is 3.84. The molecule has 1 aromatic carbocycles. The average molecular weight is 327 g/mol. The first-order chi connectivity index (χ1) is 11.6. The van der Waals surface area contributed by atoms with Gasteiger partial charge in [0.1, 0.15) is 11.7 Å². The number of aryl methyl sites for hydroxylation is 1. The van der Waals surface area contributed by atoms with Gasteiger partial charge in [-0.15, -0.1) is 0 Å². The number of benzene rings is 1. The van der Waals surface area contributed by atoms with Gasteiger partial charge in [-0.25, -0.2) is 0 Å². The van der Waals surface area contributed by atoms with E-state index in [0.29, 0.717) is 25.3 Å². The van der Waals surface area contributed by atoms with Gasteiger partial charge in [-0.05, 0) is 18.9 Å². The molecule has 2 saturated heterocycles. The van der Waals surface area contributed by atoms with Crippen molar-refractivity contribution < 1.29 is 14.6 Å². The monoisotopic (exact) mass is 327 g/mol. The van der Waals surface area contributed by atoms with Crippen molar-refractivity contribution >= 4 is 5.91 Å². The Morgan fingerprint density at radius 2 is 2.21 bits per heavy atom. The second-order valence-corrected chi connectivity index (χ2v) is 6.80. The molecule has 1 spiro atoms. The van der Waals surface area contributed by atoms with Gasteiger partial charge in [0.25, 0.3) is 5.91 Å². The molecule has 6 nitrogen and oxygen atoms in total. The molecule has 1 amide bonds. The molecule has 3 atom stereocenters. The van der Waals surface area contributed by atoms with E-state index in [4.69, 9.17) is 4.74 Å². The number of hydrogen-bond donors (Lipinski definition) is 2. The molecular formula is C18H21N3O3. The molecule has 126 valence electrons. The summed E-state index contributed by atoms with van der Waals surface area (Å²) >= 11 is 0. The van der Waals surface area contributed by atoms with Crippen LogP contribution < -0.4 is 0 Å². The molecule has 4 rings (SSSR count). The van der Waals surface area contributed by atoms with E-state index in [1.807, 2.05) is 25.1 Å². The quantitative estimate of drug-likeness (QED) is 0.876. The standard InChI is InChI=1S/C18H21N3O3/c1-12-15(8-19-20-12)17(23)21-9-16(22)18(11-21)7-14(10-24-18)13-5-3-2-4-6-13/h2-6,8,14,16,22H,7,9-11H2,1H3,(H,19,20)/t14-,16+,18+/m0/s1. The van der Waals surface area contributed by atoms with E-state index >= 15 is 0 Å². The first-order valence-electron chi connectivity index (χ1n) is 8.25. The molecule has 2 fully saturated rings. The number of aliphatic hydroxyl groups excluding tert-OH is 1. The second-order valence-electron chi connectivity index (χ2n) is 6.80. The minimum atomic E-state index is -0.664. The normalized spacial score (nSPS) is 29.5. The third kappa shape index (κ3) is 2.42. The summed E-state index contributed by atoms with van der Waals surface area (Å²) in [4.78, 5) is 14.3. The van der Waals surface area contributed by atoms with E-state index in [-0.39, 0.29) is 11.8 Å². The molecule has 1 aromatic heterocycles. The average Bonchev–Trinajstić information content (AvgIpc) is 3.29. The summed E-state index contributed by atoms with van der Waals surface area (Å²) in [6, 6.07) is 10.2. The lowest BCUT2D eigenvalue weighted by Gasteiger charge is -2.26. The van der Waals surface area contributed by atoms with Crippen LogP contribution in [0.25, 0.3) is 0 Å². The Bertz CT molecular complexity index is 745. The van der Waals surface area contributed by atoms with E-state index in [1.54, 1.807) is 4.90 Å². The number of β-amino-alcohol motifs (C(OH)–C–C–N with tert-alkyl or cyclic N) is 1. The third-order valence-electron chi connectivity index (χ3n) is 5.24. The topological polar surface area (TPSA) is 78.5 Å². The van der Waals surface area contributed by atoms with Crippen LogP contribution in [-0.4, -0.2) is 57.5 Å². The highest BCUT2D eigenvalue weighted by Gasteiger charge is 2.53. The number of ether oxygens (including phenoxy) is 1. The molecule has 0 radical (unpaired) electrons. The highest BCUT2D eigenvalue weighted by molar-refractivity contribution is 5.95. The Hall–Kier alpha value is -2.18. The van der Waals surface area contributed by atoms with E-state index in [2.05, 4.69) is 22.3 Å². The first-order valence-corrected chi connectivity index (χ1v) is 8.25. The van der Waals surface area contributed by atoms with Crippen LogP contribution in [0.2, 0.25) is 0 Å². The Balaban J connectivity index is 1.51. The number of carbonyl (C=O) groups excluding carboxylic acids is 1. The Labute approximate surface area is 140 Å². The second kappa shape index (κ2) is 5.72. The van der Waals surface area contributed by atoms with Crippen LogP contribution in [0.1, 0.15) is 34.0 Å². The number of carbonyl (C=O) groups is 1. The van der Waals surface area contributed by atoms with Crippen LogP contribution >= 0.6 is 0 Å². The van der Waals surface area contributed by atoms with Crippen molar-refractivity contribution in [2.75, 3.05) is 19.7 Å². The fourth-order valence-electron chi connectivity index (χ4n) is 3.84. The largest absolute Gasteiger partial charge is 0.388 e. The molecule has 0 aliphatic carbocycles. The summed E-state index contributed by atoms with van der Waals surface area (Å²) in [6.45, 7) is 3.11. The van der Waals surface area contributed by atoms with Crippen molar-refractivity contribution in [1.29, 1.82) is 0 Å². The number of hydrogen-bond acceptors (Lipinski definition) is 4. The lowest BCUT2D eigenvalue weighted by atomic mass is 9.87. The maximum atomic E-state index is 12.7. The maximum absolute atomic E-state index is 12.7. The molecular weight excluding hydrogens is 306 g/mol. The van der Waals surface area contributed by atoms with Crippen molar-refractivity contribution in [3.8, 4) is 0 Å². The van der Waals surface area contributed by atoms with Gasteiger partial charge in [-0.2, -0.15) is 5.10 Å². The van der Waals surface area contributed by atoms with Gasteiger partial charge in [0.05, 0.1) is 24.9 Å². The van der Waals surface area contributed by atoms with Crippen LogP contribution in [0.3, 0.4) is 0 Å². The summed E-state index contributed by atoms with van der Waals surface area (Å²) in [5.74, 6) is 0.149. The van der Waals surface area contributed by atoms with Crippen molar-refractivity contribution in [1.82, 2.24) is 15.1 Å². The number of aromatic amines is 1. The van der Waals surface area contributed by atoms with Crippen molar-refractivity contribution in [2.24, 2.45) is 0 Å². The van der Waals surface area contributed by atoms with Crippen LogP contribution in [-0.2, 0) is 4.74 Å². The summed E-state index contributed by atoms with van der Waals surface area (Å²) in [6.07, 6.45) is 1.60. The fraction of sp³-hybridized carbons (Fsp3) is 0.444. The van der Waals surface area contributed by atoms with Crippen LogP contribution in [0.4, 0.5) is 0 Å². The Kier molecular flexibility index (Phi) is 3.66. The number of rotatable bonds is 2. The van der Waals surface area contributed by atoms with Gasteiger partial charge in [0, 0.05) is 18.2 Å². The predicted octanol–water partition coefficient (Wildman–Crippen LogP) is 1.48. The number of H-pyrrole nitrogens is 1. The van der Waals surface area contributed by atoms with Gasteiger partial charge in [0.15, 0.2) is 0 Å². The number of amides is 1. The van der Waals surface area contributed by atoms with Crippen molar-refractivity contribution in [3.63, 3.8) is 0 Å². The lowest BCUT2D eigenvalue weighted by Crippen LogP contribution is -2.41. The molecule has 0 saturated carbocycles. The summed E-state index contributed by atoms with van der Waals surface area (Å²) in [7, 11) is 0. The van der Waals surface area contributed by atoms with Crippen LogP contribution in [0.5, 0.6) is 0 Å². The molecule has 3 heterocycles. The van der Waals surface area contributed by atoms with Crippen LogP contribution in [0.15, 0.2) is 36.5 Å². The van der Waals surface area contributed by atoms with Gasteiger partial charge in [-0.3, -0.25) is 9.89 Å². The molecule has 0 bridgehead atoms. The highest BCUT2D eigenvalue weighted by atomic mass is 16.5. The lowest BCUT2D eigenvalue weighted by molar-refractivity contribution is -0.0591. The predicted molar refractivity (Wildman–Crippen MR) is 87.7 cm³/mol. The number of nitrogens with zero attached hydrogens (tertiary/aromatic N) is 2. The molecule has 2 N–H and O–H groups in total.